The molecule has 2 aliphatic rings. The van der Waals surface area contributed by atoms with Gasteiger partial charge in [-0.15, -0.1) is 0 Å². The first kappa shape index (κ1) is 28.8. The van der Waals surface area contributed by atoms with Crippen LogP contribution < -0.4 is 16.0 Å². The van der Waals surface area contributed by atoms with Crippen molar-refractivity contribution in [2.24, 2.45) is 24.3 Å². The molecule has 1 aromatic carbocycles. The molecule has 3 amide bonds. The van der Waals surface area contributed by atoms with Crippen LogP contribution >= 0.6 is 0 Å². The van der Waals surface area contributed by atoms with Crippen LogP contribution in [0.1, 0.15) is 82.3 Å². The minimum atomic E-state index is -0.819. The van der Waals surface area contributed by atoms with E-state index in [1.165, 1.54) is 4.68 Å². The van der Waals surface area contributed by atoms with Gasteiger partial charge in [0.1, 0.15) is 11.7 Å². The number of hydrogen-bond acceptors (Lipinski definition) is 5. The van der Waals surface area contributed by atoms with E-state index in [4.69, 9.17) is 0 Å². The Bertz CT molecular complexity index is 1180. The standard InChI is InChI=1S/C30H43N5O4/c1-6-21(18-36)33-28(39)29(2,3)20-10-12-22(13-11-20)32-27(38)25(34-26(37)23-14-17-31-35(23)5)24(19-8-7-9-19)30(4)15-16-30/h10-14,17,19,21,24-25,36H,6-9,15-16,18H2,1-5H3,(H,32,38)(H,33,39)(H,34,37)/t21-,24?,25-/m0/s1. The van der Waals surface area contributed by atoms with Gasteiger partial charge >= 0.3 is 0 Å². The van der Waals surface area contributed by atoms with Crippen LogP contribution in [0.4, 0.5) is 5.69 Å². The van der Waals surface area contributed by atoms with Gasteiger partial charge in [-0.2, -0.15) is 5.10 Å². The maximum absolute atomic E-state index is 13.8. The van der Waals surface area contributed by atoms with E-state index in [9.17, 15) is 19.5 Å². The summed E-state index contributed by atoms with van der Waals surface area (Å²) in [5.41, 5.74) is 1.04. The fraction of sp³-hybridized carbons (Fsp3) is 0.600. The molecule has 2 aliphatic carbocycles. The lowest BCUT2D eigenvalue weighted by molar-refractivity contribution is -0.126. The van der Waals surface area contributed by atoms with Gasteiger partial charge in [-0.05, 0) is 74.1 Å². The molecule has 2 aromatic rings. The molecule has 212 valence electrons. The third-order valence-corrected chi connectivity index (χ3v) is 8.97. The third kappa shape index (κ3) is 6.19. The molecule has 2 saturated carbocycles. The topological polar surface area (TPSA) is 125 Å². The number of carbonyl (C=O) groups excluding carboxylic acids is 3. The Morgan fingerprint density at radius 2 is 1.79 bits per heavy atom. The second-order valence-corrected chi connectivity index (χ2v) is 12.1. The van der Waals surface area contributed by atoms with E-state index in [1.54, 1.807) is 31.4 Å². The Morgan fingerprint density at radius 1 is 1.13 bits per heavy atom. The molecule has 0 spiro atoms. The monoisotopic (exact) mass is 537 g/mol. The number of nitrogens with zero attached hydrogens (tertiary/aromatic N) is 2. The summed E-state index contributed by atoms with van der Waals surface area (Å²) in [6.07, 6.45) is 7.64. The summed E-state index contributed by atoms with van der Waals surface area (Å²) in [6, 6.07) is 7.96. The zero-order valence-electron chi connectivity index (χ0n) is 23.8. The zero-order chi connectivity index (χ0) is 28.4. The number of aromatic nitrogens is 2. The smallest absolute Gasteiger partial charge is 0.270 e. The van der Waals surface area contributed by atoms with Gasteiger partial charge in [0.05, 0.1) is 18.1 Å². The SMILES string of the molecule is CC[C@@H](CO)NC(=O)C(C)(C)c1ccc(NC(=O)[C@@H](NC(=O)c2ccnn2C)C(C2CCC2)C2(C)CC2)cc1. The minimum Gasteiger partial charge on any atom is -0.394 e. The number of rotatable bonds is 12. The Hall–Kier alpha value is -3.20. The molecule has 1 unspecified atom stereocenters. The lowest BCUT2D eigenvalue weighted by atomic mass is 9.66. The minimum absolute atomic E-state index is 0.0407. The molecule has 3 atom stereocenters. The Kier molecular flexibility index (Phi) is 8.49. The predicted molar refractivity (Wildman–Crippen MR) is 150 cm³/mol. The highest BCUT2D eigenvalue weighted by molar-refractivity contribution is 6.01. The van der Waals surface area contributed by atoms with Gasteiger partial charge in [0.2, 0.25) is 11.8 Å². The van der Waals surface area contributed by atoms with Crippen molar-refractivity contribution >= 4 is 23.4 Å². The van der Waals surface area contributed by atoms with Crippen LogP contribution in [0.5, 0.6) is 0 Å². The molecule has 9 nitrogen and oxygen atoms in total. The molecular formula is C30H43N5O4. The quantitative estimate of drug-likeness (QED) is 0.330. The summed E-state index contributed by atoms with van der Waals surface area (Å²) in [6.45, 7) is 7.71. The average Bonchev–Trinajstić information content (AvgIpc) is 3.48. The van der Waals surface area contributed by atoms with Crippen LogP contribution in [-0.4, -0.2) is 51.3 Å². The van der Waals surface area contributed by atoms with E-state index >= 15 is 0 Å². The number of benzene rings is 1. The van der Waals surface area contributed by atoms with Crippen LogP contribution in [-0.2, 0) is 22.1 Å². The molecule has 4 rings (SSSR count). The summed E-state index contributed by atoms with van der Waals surface area (Å²) in [5.74, 6) is -0.232. The first-order chi connectivity index (χ1) is 18.5. The van der Waals surface area contributed by atoms with Gasteiger partial charge in [-0.25, -0.2) is 0 Å². The number of anilines is 1. The molecule has 4 N–H and O–H groups in total. The van der Waals surface area contributed by atoms with Crippen molar-refractivity contribution < 1.29 is 19.5 Å². The first-order valence-electron chi connectivity index (χ1n) is 14.1. The second-order valence-electron chi connectivity index (χ2n) is 12.1. The number of amides is 3. The van der Waals surface area contributed by atoms with Crippen molar-refractivity contribution in [3.63, 3.8) is 0 Å². The van der Waals surface area contributed by atoms with Gasteiger partial charge in [0.15, 0.2) is 0 Å². The van der Waals surface area contributed by atoms with Gasteiger partial charge < -0.3 is 21.1 Å². The normalized spacial score (nSPS) is 18.8. The fourth-order valence-electron chi connectivity index (χ4n) is 5.67. The lowest BCUT2D eigenvalue weighted by Gasteiger charge is -2.42. The Balaban J connectivity index is 1.52. The second kappa shape index (κ2) is 11.5. The van der Waals surface area contributed by atoms with Crippen LogP contribution in [0.3, 0.4) is 0 Å². The van der Waals surface area contributed by atoms with Gasteiger partial charge in [0.25, 0.3) is 5.91 Å². The average molecular weight is 538 g/mol. The summed E-state index contributed by atoms with van der Waals surface area (Å²) in [4.78, 5) is 39.9. The molecule has 1 aromatic heterocycles. The van der Waals surface area contributed by atoms with E-state index in [0.29, 0.717) is 23.7 Å². The van der Waals surface area contributed by atoms with Crippen LogP contribution in [0.25, 0.3) is 0 Å². The van der Waals surface area contributed by atoms with E-state index in [1.807, 2.05) is 32.9 Å². The van der Waals surface area contributed by atoms with Crippen molar-refractivity contribution in [3.05, 3.63) is 47.8 Å². The number of aliphatic hydroxyl groups excluding tert-OH is 1. The van der Waals surface area contributed by atoms with Crippen molar-refractivity contribution in [3.8, 4) is 0 Å². The molecule has 0 radical (unpaired) electrons. The van der Waals surface area contributed by atoms with Crippen LogP contribution in [0.2, 0.25) is 0 Å². The molecule has 9 heteroatoms. The van der Waals surface area contributed by atoms with E-state index < -0.39 is 11.5 Å². The fourth-order valence-corrected chi connectivity index (χ4v) is 5.67. The van der Waals surface area contributed by atoms with Gasteiger partial charge in [0, 0.05) is 18.9 Å². The first-order valence-corrected chi connectivity index (χ1v) is 14.1. The van der Waals surface area contributed by atoms with Gasteiger partial charge in [-0.3, -0.25) is 19.1 Å². The van der Waals surface area contributed by atoms with E-state index in [-0.39, 0.29) is 41.7 Å². The number of aryl methyl sites for hydroxylation is 1. The van der Waals surface area contributed by atoms with Crippen molar-refractivity contribution in [1.82, 2.24) is 20.4 Å². The van der Waals surface area contributed by atoms with E-state index in [0.717, 1.165) is 37.7 Å². The van der Waals surface area contributed by atoms with Crippen LogP contribution in [0, 0.1) is 17.3 Å². The maximum atomic E-state index is 13.8. The molecule has 39 heavy (non-hydrogen) atoms. The van der Waals surface area contributed by atoms with E-state index in [2.05, 4.69) is 28.0 Å². The Labute approximate surface area is 231 Å². The molecular weight excluding hydrogens is 494 g/mol. The third-order valence-electron chi connectivity index (χ3n) is 8.97. The lowest BCUT2D eigenvalue weighted by Crippen LogP contribution is -2.54. The summed E-state index contributed by atoms with van der Waals surface area (Å²) < 4.78 is 1.52. The number of nitrogens with one attached hydrogen (secondary N) is 3. The highest BCUT2D eigenvalue weighted by Crippen LogP contribution is 2.58. The molecule has 0 aliphatic heterocycles. The number of aliphatic hydroxyl groups is 1. The Morgan fingerprint density at radius 3 is 2.28 bits per heavy atom. The van der Waals surface area contributed by atoms with Crippen molar-refractivity contribution in [2.45, 2.75) is 83.7 Å². The number of hydrogen-bond donors (Lipinski definition) is 4. The number of carbonyl (C=O) groups is 3. The maximum Gasteiger partial charge on any atom is 0.270 e. The summed E-state index contributed by atoms with van der Waals surface area (Å²) in [7, 11) is 1.71. The van der Waals surface area contributed by atoms with Gasteiger partial charge in [-0.1, -0.05) is 45.2 Å². The molecule has 2 fully saturated rings. The molecule has 1 heterocycles. The molecule has 0 saturated heterocycles. The predicted octanol–water partition coefficient (Wildman–Crippen LogP) is 3.54. The van der Waals surface area contributed by atoms with Crippen molar-refractivity contribution in [1.29, 1.82) is 0 Å². The summed E-state index contributed by atoms with van der Waals surface area (Å²) in [5, 5.41) is 22.6. The molecule has 0 bridgehead atoms. The zero-order valence-corrected chi connectivity index (χ0v) is 23.8. The van der Waals surface area contributed by atoms with Crippen molar-refractivity contribution in [2.75, 3.05) is 11.9 Å². The highest BCUT2D eigenvalue weighted by atomic mass is 16.3. The largest absolute Gasteiger partial charge is 0.394 e. The van der Waals surface area contributed by atoms with Crippen LogP contribution in [0.15, 0.2) is 36.5 Å². The summed E-state index contributed by atoms with van der Waals surface area (Å²) >= 11 is 0. The highest BCUT2D eigenvalue weighted by Gasteiger charge is 2.54.